The highest BCUT2D eigenvalue weighted by Gasteiger charge is 2.04. The molecule has 0 bridgehead atoms. The van der Waals surface area contributed by atoms with Crippen LogP contribution in [-0.4, -0.2) is 36.0 Å². The van der Waals surface area contributed by atoms with Crippen LogP contribution >= 0.6 is 0 Å². The lowest BCUT2D eigenvalue weighted by Gasteiger charge is -2.20. The summed E-state index contributed by atoms with van der Waals surface area (Å²) in [6.45, 7) is 3.84. The second kappa shape index (κ2) is 8.47. The first-order valence-corrected chi connectivity index (χ1v) is 6.39. The van der Waals surface area contributed by atoms with Crippen LogP contribution in [0.1, 0.15) is 25.3 Å². The number of aliphatic imine (C=N–C) groups is 1. The molecule has 1 aromatic rings. The summed E-state index contributed by atoms with van der Waals surface area (Å²) in [4.78, 5) is 10.5. The molecule has 1 heterocycles. The van der Waals surface area contributed by atoms with Gasteiger partial charge in [0, 0.05) is 32.5 Å². The number of rotatable bonds is 6. The third-order valence-corrected chi connectivity index (χ3v) is 2.75. The quantitative estimate of drug-likeness (QED) is 0.261. The number of guanidine groups is 1. The number of hydrazine groups is 1. The molecule has 0 aliphatic carbocycles. The van der Waals surface area contributed by atoms with Gasteiger partial charge in [-0.2, -0.15) is 0 Å². The highest BCUT2D eigenvalue weighted by molar-refractivity contribution is 5.79. The molecule has 0 aromatic carbocycles. The molecule has 1 aromatic heterocycles. The van der Waals surface area contributed by atoms with Crippen molar-refractivity contribution < 1.29 is 0 Å². The van der Waals surface area contributed by atoms with E-state index in [0.717, 1.165) is 38.3 Å². The second-order valence-electron chi connectivity index (χ2n) is 4.23. The van der Waals surface area contributed by atoms with Crippen molar-refractivity contribution in [3.63, 3.8) is 0 Å². The Hall–Kier alpha value is -1.62. The summed E-state index contributed by atoms with van der Waals surface area (Å²) in [6, 6.07) is 4.05. The third kappa shape index (κ3) is 5.14. The Morgan fingerprint density at radius 3 is 2.78 bits per heavy atom. The zero-order valence-electron chi connectivity index (χ0n) is 11.3. The average Bonchev–Trinajstić information content (AvgIpc) is 2.42. The van der Waals surface area contributed by atoms with Crippen LogP contribution in [0.2, 0.25) is 0 Å². The Labute approximate surface area is 109 Å². The van der Waals surface area contributed by atoms with E-state index in [2.05, 4.69) is 22.3 Å². The molecule has 0 amide bonds. The van der Waals surface area contributed by atoms with Crippen LogP contribution in [0, 0.1) is 0 Å². The summed E-state index contributed by atoms with van der Waals surface area (Å²) in [5.74, 6) is 6.24. The van der Waals surface area contributed by atoms with Crippen molar-refractivity contribution in [3.05, 3.63) is 30.1 Å². The van der Waals surface area contributed by atoms with Crippen LogP contribution in [0.15, 0.2) is 29.5 Å². The van der Waals surface area contributed by atoms with Crippen molar-refractivity contribution in [2.24, 2.45) is 10.8 Å². The maximum absolute atomic E-state index is 5.49. The Bertz CT molecular complexity index is 350. The van der Waals surface area contributed by atoms with Gasteiger partial charge in [0.2, 0.25) is 5.96 Å². The molecule has 0 spiro atoms. The smallest absolute Gasteiger partial charge is 0.208 e. The van der Waals surface area contributed by atoms with E-state index in [4.69, 9.17) is 5.84 Å². The predicted molar refractivity (Wildman–Crippen MR) is 75.1 cm³/mol. The number of nitrogens with zero attached hydrogens (tertiary/aromatic N) is 3. The van der Waals surface area contributed by atoms with Crippen LogP contribution in [-0.2, 0) is 6.42 Å². The van der Waals surface area contributed by atoms with Gasteiger partial charge in [0.25, 0.3) is 0 Å². The number of hydrogen-bond acceptors (Lipinski definition) is 3. The minimum absolute atomic E-state index is 0.748. The fraction of sp³-hybridized carbons (Fsp3) is 0.538. The van der Waals surface area contributed by atoms with Crippen LogP contribution in [0.25, 0.3) is 0 Å². The number of hydrogen-bond donors (Lipinski definition) is 2. The molecule has 0 fully saturated rings. The monoisotopic (exact) mass is 249 g/mol. The van der Waals surface area contributed by atoms with Crippen LogP contribution in [0.5, 0.6) is 0 Å². The number of pyridine rings is 1. The Morgan fingerprint density at radius 2 is 2.17 bits per heavy atom. The van der Waals surface area contributed by atoms with E-state index in [0.29, 0.717) is 0 Å². The summed E-state index contributed by atoms with van der Waals surface area (Å²) < 4.78 is 0. The molecule has 0 aliphatic heterocycles. The van der Waals surface area contributed by atoms with Gasteiger partial charge in [0.15, 0.2) is 0 Å². The van der Waals surface area contributed by atoms with Gasteiger partial charge in [0.05, 0.1) is 0 Å². The van der Waals surface area contributed by atoms with Crippen molar-refractivity contribution in [3.8, 4) is 0 Å². The average molecular weight is 249 g/mol. The summed E-state index contributed by atoms with van der Waals surface area (Å²) >= 11 is 0. The minimum atomic E-state index is 0.748. The van der Waals surface area contributed by atoms with E-state index in [9.17, 15) is 0 Å². The normalized spacial score (nSPS) is 11.4. The number of nitrogens with one attached hydrogen (secondary N) is 1. The van der Waals surface area contributed by atoms with Crippen LogP contribution in [0.3, 0.4) is 0 Å². The first kappa shape index (κ1) is 14.4. The van der Waals surface area contributed by atoms with Crippen LogP contribution < -0.4 is 11.3 Å². The summed E-state index contributed by atoms with van der Waals surface area (Å²) in [6.07, 6.45) is 6.80. The fourth-order valence-corrected chi connectivity index (χ4v) is 1.57. The Morgan fingerprint density at radius 1 is 1.44 bits per heavy atom. The zero-order chi connectivity index (χ0) is 13.2. The molecule has 0 radical (unpaired) electrons. The lowest BCUT2D eigenvalue weighted by molar-refractivity contribution is 0.484. The first-order chi connectivity index (χ1) is 8.77. The molecule has 100 valence electrons. The Balaban J connectivity index is 2.42. The van der Waals surface area contributed by atoms with E-state index < -0.39 is 0 Å². The van der Waals surface area contributed by atoms with Crippen molar-refractivity contribution >= 4 is 5.96 Å². The molecular formula is C13H23N5. The molecule has 0 saturated heterocycles. The fourth-order valence-electron chi connectivity index (χ4n) is 1.57. The van der Waals surface area contributed by atoms with Crippen molar-refractivity contribution in [2.45, 2.75) is 26.2 Å². The minimum Gasteiger partial charge on any atom is -0.345 e. The van der Waals surface area contributed by atoms with Crippen molar-refractivity contribution in [1.82, 2.24) is 15.3 Å². The highest BCUT2D eigenvalue weighted by atomic mass is 15.4. The third-order valence-electron chi connectivity index (χ3n) is 2.75. The molecule has 3 N–H and O–H groups in total. The summed E-state index contributed by atoms with van der Waals surface area (Å²) in [5.41, 5.74) is 3.93. The van der Waals surface area contributed by atoms with Gasteiger partial charge in [-0.1, -0.05) is 13.3 Å². The molecule has 0 aliphatic rings. The van der Waals surface area contributed by atoms with Gasteiger partial charge in [-0.15, -0.1) is 0 Å². The topological polar surface area (TPSA) is 66.5 Å². The number of unbranched alkanes of at least 4 members (excludes halogenated alkanes) is 1. The van der Waals surface area contributed by atoms with E-state index in [1.54, 1.807) is 0 Å². The lowest BCUT2D eigenvalue weighted by atomic mass is 10.2. The van der Waals surface area contributed by atoms with Gasteiger partial charge in [-0.25, -0.2) is 5.84 Å². The molecule has 1 rings (SSSR count). The van der Waals surface area contributed by atoms with E-state index in [1.165, 1.54) is 5.56 Å². The van der Waals surface area contributed by atoms with Gasteiger partial charge >= 0.3 is 0 Å². The molecule has 5 heteroatoms. The van der Waals surface area contributed by atoms with Crippen LogP contribution in [0.4, 0.5) is 0 Å². The summed E-state index contributed by atoms with van der Waals surface area (Å²) in [5, 5.41) is 0. The standard InChI is InChI=1S/C13H23N5/c1-3-4-8-16-13(17-14)18(2)11-7-12-5-9-15-10-6-12/h5-6,9-10H,3-4,7-8,11,14H2,1-2H3,(H,16,17). The predicted octanol–water partition coefficient (Wildman–Crippen LogP) is 1.18. The summed E-state index contributed by atoms with van der Waals surface area (Å²) in [7, 11) is 1.99. The van der Waals surface area contributed by atoms with Gasteiger partial charge < -0.3 is 4.90 Å². The number of aromatic nitrogens is 1. The maximum Gasteiger partial charge on any atom is 0.208 e. The molecule has 0 saturated carbocycles. The Kier molecular flexibility index (Phi) is 6.79. The molecule has 0 unspecified atom stereocenters. The van der Waals surface area contributed by atoms with Gasteiger partial charge in [-0.3, -0.25) is 15.4 Å². The van der Waals surface area contributed by atoms with Gasteiger partial charge in [-0.05, 0) is 30.5 Å². The van der Waals surface area contributed by atoms with E-state index >= 15 is 0 Å². The molecule has 5 nitrogen and oxygen atoms in total. The van der Waals surface area contributed by atoms with Gasteiger partial charge in [0.1, 0.15) is 0 Å². The molecule has 18 heavy (non-hydrogen) atoms. The number of nitrogens with two attached hydrogens (primary N) is 1. The van der Waals surface area contributed by atoms with E-state index in [1.807, 2.05) is 36.5 Å². The second-order valence-corrected chi connectivity index (χ2v) is 4.23. The van der Waals surface area contributed by atoms with E-state index in [-0.39, 0.29) is 0 Å². The molecule has 0 atom stereocenters. The SMILES string of the molecule is CCCCN=C(NN)N(C)CCc1ccncc1. The lowest BCUT2D eigenvalue weighted by Crippen LogP contribution is -2.43. The van der Waals surface area contributed by atoms with Crippen molar-refractivity contribution in [1.29, 1.82) is 0 Å². The maximum atomic E-state index is 5.49. The van der Waals surface area contributed by atoms with Crippen molar-refractivity contribution in [2.75, 3.05) is 20.1 Å². The number of likely N-dealkylation sites (N-methyl/N-ethyl adjacent to an activating group) is 1. The highest BCUT2D eigenvalue weighted by Crippen LogP contribution is 1.99. The largest absolute Gasteiger partial charge is 0.345 e. The zero-order valence-corrected chi connectivity index (χ0v) is 11.3. The first-order valence-electron chi connectivity index (χ1n) is 6.39. The molecular weight excluding hydrogens is 226 g/mol.